The molecule has 0 saturated carbocycles. The molecule has 3 rings (SSSR count). The maximum atomic E-state index is 12.1. The van der Waals surface area contributed by atoms with Crippen molar-refractivity contribution >= 4 is 23.6 Å². The van der Waals surface area contributed by atoms with E-state index in [4.69, 9.17) is 5.11 Å². The van der Waals surface area contributed by atoms with Crippen molar-refractivity contribution < 1.29 is 14.7 Å². The zero-order chi connectivity index (χ0) is 19.2. The summed E-state index contributed by atoms with van der Waals surface area (Å²) in [6.45, 7) is 2.06. The SMILES string of the molecule is Cc1cccc(-c2ccc(/C=C/C(=O)Nc3ccccc3C(=O)O)cc2)c1. The number of carboxylic acid groups (broad SMARTS) is 1. The van der Waals surface area contributed by atoms with Gasteiger partial charge in [0.1, 0.15) is 0 Å². The summed E-state index contributed by atoms with van der Waals surface area (Å²) in [7, 11) is 0. The number of rotatable bonds is 5. The molecule has 0 aliphatic heterocycles. The molecule has 0 radical (unpaired) electrons. The van der Waals surface area contributed by atoms with E-state index >= 15 is 0 Å². The number of aryl methyl sites for hydroxylation is 1. The number of carbonyl (C=O) groups is 2. The maximum absolute atomic E-state index is 12.1. The molecule has 0 saturated heterocycles. The van der Waals surface area contributed by atoms with Crippen molar-refractivity contribution in [2.45, 2.75) is 6.92 Å². The second kappa shape index (κ2) is 8.15. The van der Waals surface area contributed by atoms with E-state index in [9.17, 15) is 9.59 Å². The molecule has 0 heterocycles. The van der Waals surface area contributed by atoms with Crippen molar-refractivity contribution in [2.24, 2.45) is 0 Å². The van der Waals surface area contributed by atoms with Crippen LogP contribution in [0.25, 0.3) is 17.2 Å². The van der Waals surface area contributed by atoms with E-state index in [1.165, 1.54) is 17.7 Å². The summed E-state index contributed by atoms with van der Waals surface area (Å²) < 4.78 is 0. The summed E-state index contributed by atoms with van der Waals surface area (Å²) in [5, 5.41) is 11.8. The van der Waals surface area contributed by atoms with Crippen molar-refractivity contribution in [1.82, 2.24) is 0 Å². The van der Waals surface area contributed by atoms with Gasteiger partial charge in [-0.1, -0.05) is 66.2 Å². The number of carbonyl (C=O) groups excluding carboxylic acids is 1. The van der Waals surface area contributed by atoms with Crippen LogP contribution < -0.4 is 5.32 Å². The molecule has 4 heteroatoms. The van der Waals surface area contributed by atoms with E-state index < -0.39 is 5.97 Å². The Bertz CT molecular complexity index is 1000. The highest BCUT2D eigenvalue weighted by Gasteiger charge is 2.10. The summed E-state index contributed by atoms with van der Waals surface area (Å²) in [5.41, 5.74) is 4.67. The Balaban J connectivity index is 1.69. The van der Waals surface area contributed by atoms with Gasteiger partial charge in [-0.15, -0.1) is 0 Å². The summed E-state index contributed by atoms with van der Waals surface area (Å²) in [4.78, 5) is 23.3. The first-order valence-corrected chi connectivity index (χ1v) is 8.51. The smallest absolute Gasteiger partial charge is 0.337 e. The molecular formula is C23H19NO3. The van der Waals surface area contributed by atoms with Crippen molar-refractivity contribution in [3.05, 3.63) is 95.6 Å². The molecule has 0 unspecified atom stereocenters. The van der Waals surface area contributed by atoms with Gasteiger partial charge in [-0.2, -0.15) is 0 Å². The number of benzene rings is 3. The van der Waals surface area contributed by atoms with Gasteiger partial charge in [0.15, 0.2) is 0 Å². The fourth-order valence-electron chi connectivity index (χ4n) is 2.74. The van der Waals surface area contributed by atoms with Crippen molar-refractivity contribution in [2.75, 3.05) is 5.32 Å². The highest BCUT2D eigenvalue weighted by atomic mass is 16.4. The molecule has 1 amide bonds. The third kappa shape index (κ3) is 4.70. The van der Waals surface area contributed by atoms with E-state index in [2.05, 4.69) is 30.4 Å². The van der Waals surface area contributed by atoms with Crippen LogP contribution in [0.1, 0.15) is 21.5 Å². The average Bonchev–Trinajstić information content (AvgIpc) is 2.67. The molecule has 2 N–H and O–H groups in total. The van der Waals surface area contributed by atoms with Gasteiger partial charge < -0.3 is 10.4 Å². The van der Waals surface area contributed by atoms with E-state index in [1.54, 1.807) is 24.3 Å². The molecule has 27 heavy (non-hydrogen) atoms. The Hall–Kier alpha value is -3.66. The van der Waals surface area contributed by atoms with Crippen LogP contribution in [0.5, 0.6) is 0 Å². The maximum Gasteiger partial charge on any atom is 0.337 e. The van der Waals surface area contributed by atoms with E-state index in [0.717, 1.165) is 16.7 Å². The number of hydrogen-bond acceptors (Lipinski definition) is 2. The Morgan fingerprint density at radius 1 is 0.889 bits per heavy atom. The number of hydrogen-bond donors (Lipinski definition) is 2. The second-order valence-corrected chi connectivity index (χ2v) is 6.16. The van der Waals surface area contributed by atoms with E-state index in [-0.39, 0.29) is 17.2 Å². The fraction of sp³-hybridized carbons (Fsp3) is 0.0435. The molecule has 0 aromatic heterocycles. The van der Waals surface area contributed by atoms with Crippen LogP contribution in [-0.4, -0.2) is 17.0 Å². The topological polar surface area (TPSA) is 66.4 Å². The lowest BCUT2D eigenvalue weighted by atomic mass is 10.0. The van der Waals surface area contributed by atoms with Gasteiger partial charge in [-0.05, 0) is 41.8 Å². The van der Waals surface area contributed by atoms with Crippen LogP contribution >= 0.6 is 0 Å². The number of aromatic carboxylic acids is 1. The van der Waals surface area contributed by atoms with E-state index in [1.807, 2.05) is 30.3 Å². The van der Waals surface area contributed by atoms with Gasteiger partial charge in [0.25, 0.3) is 0 Å². The van der Waals surface area contributed by atoms with Crippen LogP contribution in [0.3, 0.4) is 0 Å². The summed E-state index contributed by atoms with van der Waals surface area (Å²) >= 11 is 0. The lowest BCUT2D eigenvalue weighted by molar-refractivity contribution is -0.111. The van der Waals surface area contributed by atoms with Gasteiger partial charge in [0.05, 0.1) is 11.3 Å². The van der Waals surface area contributed by atoms with Gasteiger partial charge in [-0.3, -0.25) is 4.79 Å². The number of para-hydroxylation sites is 1. The molecular weight excluding hydrogens is 338 g/mol. The zero-order valence-corrected chi connectivity index (χ0v) is 14.8. The summed E-state index contributed by atoms with van der Waals surface area (Å²) in [6, 6.07) is 22.5. The average molecular weight is 357 g/mol. The molecule has 3 aromatic carbocycles. The van der Waals surface area contributed by atoms with Crippen LogP contribution in [0.2, 0.25) is 0 Å². The van der Waals surface area contributed by atoms with Crippen LogP contribution in [0.4, 0.5) is 5.69 Å². The van der Waals surface area contributed by atoms with Crippen molar-refractivity contribution in [1.29, 1.82) is 0 Å². The monoisotopic (exact) mass is 357 g/mol. The first-order chi connectivity index (χ1) is 13.0. The minimum Gasteiger partial charge on any atom is -0.478 e. The predicted octanol–water partition coefficient (Wildman–Crippen LogP) is 5.01. The van der Waals surface area contributed by atoms with Crippen LogP contribution in [0, 0.1) is 6.92 Å². The first-order valence-electron chi connectivity index (χ1n) is 8.51. The van der Waals surface area contributed by atoms with Gasteiger partial charge in [0.2, 0.25) is 5.91 Å². The lowest BCUT2D eigenvalue weighted by Crippen LogP contribution is -2.11. The molecule has 3 aromatic rings. The Morgan fingerprint density at radius 2 is 1.63 bits per heavy atom. The van der Waals surface area contributed by atoms with Gasteiger partial charge in [-0.25, -0.2) is 4.79 Å². The number of carboxylic acids is 1. The van der Waals surface area contributed by atoms with E-state index in [0.29, 0.717) is 0 Å². The van der Waals surface area contributed by atoms with Gasteiger partial charge in [0, 0.05) is 6.08 Å². The van der Waals surface area contributed by atoms with Gasteiger partial charge >= 0.3 is 5.97 Å². The number of amides is 1. The number of nitrogens with one attached hydrogen (secondary N) is 1. The standard InChI is InChI=1S/C23H19NO3/c1-16-5-4-6-19(15-16)18-12-9-17(10-13-18)11-14-22(25)24-21-8-3-2-7-20(21)23(26)27/h2-15H,1H3,(H,24,25)(H,26,27)/b14-11+. The van der Waals surface area contributed by atoms with Crippen molar-refractivity contribution in [3.63, 3.8) is 0 Å². The second-order valence-electron chi connectivity index (χ2n) is 6.16. The molecule has 0 fully saturated rings. The molecule has 134 valence electrons. The lowest BCUT2D eigenvalue weighted by Gasteiger charge is -2.06. The Kier molecular flexibility index (Phi) is 5.47. The molecule has 0 aliphatic carbocycles. The first kappa shape index (κ1) is 18.1. The third-order valence-corrected chi connectivity index (χ3v) is 4.10. The minimum atomic E-state index is -1.08. The molecule has 0 atom stereocenters. The number of anilines is 1. The predicted molar refractivity (Wildman–Crippen MR) is 108 cm³/mol. The normalized spacial score (nSPS) is 10.7. The molecule has 0 spiro atoms. The van der Waals surface area contributed by atoms with Crippen LogP contribution in [0.15, 0.2) is 78.9 Å². The molecule has 4 nitrogen and oxygen atoms in total. The Morgan fingerprint density at radius 3 is 2.33 bits per heavy atom. The molecule has 0 bridgehead atoms. The minimum absolute atomic E-state index is 0.0572. The largest absolute Gasteiger partial charge is 0.478 e. The zero-order valence-electron chi connectivity index (χ0n) is 14.8. The highest BCUT2D eigenvalue weighted by Crippen LogP contribution is 2.21. The molecule has 0 aliphatic rings. The quantitative estimate of drug-likeness (QED) is 0.631. The highest BCUT2D eigenvalue weighted by molar-refractivity contribution is 6.06. The fourth-order valence-corrected chi connectivity index (χ4v) is 2.74. The summed E-state index contributed by atoms with van der Waals surface area (Å²) in [5.74, 6) is -1.46. The Labute approximate surface area is 157 Å². The van der Waals surface area contributed by atoms with Crippen LogP contribution in [-0.2, 0) is 4.79 Å². The van der Waals surface area contributed by atoms with Crippen molar-refractivity contribution in [3.8, 4) is 11.1 Å². The summed E-state index contributed by atoms with van der Waals surface area (Å²) in [6.07, 6.45) is 3.08. The third-order valence-electron chi connectivity index (χ3n) is 4.10.